The van der Waals surface area contributed by atoms with Gasteiger partial charge in [0.25, 0.3) is 5.69 Å². The Morgan fingerprint density at radius 1 is 1.56 bits per heavy atom. The van der Waals surface area contributed by atoms with Gasteiger partial charge in [-0.15, -0.1) is 0 Å². The zero-order chi connectivity index (χ0) is 13.7. The summed E-state index contributed by atoms with van der Waals surface area (Å²) in [5, 5.41) is 33.2. The fourth-order valence-corrected chi connectivity index (χ4v) is 1.60. The molecule has 0 aliphatic heterocycles. The van der Waals surface area contributed by atoms with Crippen molar-refractivity contribution in [3.63, 3.8) is 0 Å². The van der Waals surface area contributed by atoms with Crippen LogP contribution in [0, 0.1) is 17.0 Å². The molecule has 18 heavy (non-hydrogen) atoms. The molecule has 0 spiro atoms. The fraction of sp³-hybridized carbons (Fsp3) is 0.545. The first-order chi connectivity index (χ1) is 8.47. The number of hydrogen-bond acceptors (Lipinski definition) is 6. The molecule has 7 heteroatoms. The molecule has 0 aliphatic carbocycles. The smallest absolute Gasteiger partial charge is 0.287 e. The molecule has 0 aromatic carbocycles. The summed E-state index contributed by atoms with van der Waals surface area (Å²) in [6, 6.07) is 1.25. The van der Waals surface area contributed by atoms with E-state index in [-0.39, 0.29) is 11.3 Å². The Labute approximate surface area is 105 Å². The molecule has 100 valence electrons. The highest BCUT2D eigenvalue weighted by molar-refractivity contribution is 5.35. The summed E-state index contributed by atoms with van der Waals surface area (Å²) >= 11 is 0. The van der Waals surface area contributed by atoms with Crippen LogP contribution >= 0.6 is 0 Å². The van der Waals surface area contributed by atoms with E-state index < -0.39 is 17.1 Å². The standard InChI is InChI=1S/C11H17N3O4/c1-7-9(5-8(6-13-7)14(17)18)11(16)10(15)3-4-12-2/h5-6,10-12,15-16H,3-4H2,1-2H3. The lowest BCUT2D eigenvalue weighted by Crippen LogP contribution is -2.24. The second-order valence-electron chi connectivity index (χ2n) is 4.03. The molecule has 0 fully saturated rings. The number of aromatic nitrogens is 1. The topological polar surface area (TPSA) is 109 Å². The summed E-state index contributed by atoms with van der Waals surface area (Å²) < 4.78 is 0. The van der Waals surface area contributed by atoms with E-state index in [1.165, 1.54) is 6.07 Å². The molecule has 1 rings (SSSR count). The van der Waals surface area contributed by atoms with E-state index in [1.54, 1.807) is 14.0 Å². The summed E-state index contributed by atoms with van der Waals surface area (Å²) in [5.41, 5.74) is 0.555. The van der Waals surface area contributed by atoms with E-state index in [1.807, 2.05) is 0 Å². The van der Waals surface area contributed by atoms with Crippen molar-refractivity contribution in [3.05, 3.63) is 33.6 Å². The van der Waals surface area contributed by atoms with E-state index in [4.69, 9.17) is 0 Å². The van der Waals surface area contributed by atoms with Crippen molar-refractivity contribution in [2.75, 3.05) is 13.6 Å². The van der Waals surface area contributed by atoms with Gasteiger partial charge in [0.15, 0.2) is 0 Å². The molecule has 0 radical (unpaired) electrons. The molecule has 0 aliphatic rings. The van der Waals surface area contributed by atoms with Gasteiger partial charge in [0.05, 0.1) is 11.0 Å². The minimum Gasteiger partial charge on any atom is -0.390 e. The number of aliphatic hydroxyl groups is 2. The molecule has 1 aromatic heterocycles. The maximum absolute atomic E-state index is 10.6. The average Bonchev–Trinajstić information content (AvgIpc) is 2.35. The van der Waals surface area contributed by atoms with Crippen molar-refractivity contribution in [1.29, 1.82) is 0 Å². The number of aryl methyl sites for hydroxylation is 1. The molecule has 2 unspecified atom stereocenters. The van der Waals surface area contributed by atoms with Crippen LogP contribution in [0.4, 0.5) is 5.69 Å². The minimum atomic E-state index is -1.18. The summed E-state index contributed by atoms with van der Waals surface area (Å²) in [6.45, 7) is 2.17. The minimum absolute atomic E-state index is 0.199. The van der Waals surface area contributed by atoms with Crippen LogP contribution in [0.2, 0.25) is 0 Å². The molecule has 0 amide bonds. The molecule has 0 bridgehead atoms. The predicted molar refractivity (Wildman–Crippen MR) is 65.1 cm³/mol. The first-order valence-electron chi connectivity index (χ1n) is 5.59. The fourth-order valence-electron chi connectivity index (χ4n) is 1.60. The van der Waals surface area contributed by atoms with Gasteiger partial charge in [-0.2, -0.15) is 0 Å². The maximum atomic E-state index is 10.6. The second kappa shape index (κ2) is 6.39. The second-order valence-corrected chi connectivity index (χ2v) is 4.03. The summed E-state index contributed by atoms with van der Waals surface area (Å²) in [5.74, 6) is 0. The van der Waals surface area contributed by atoms with E-state index in [0.29, 0.717) is 18.7 Å². The zero-order valence-electron chi connectivity index (χ0n) is 10.3. The molecule has 1 heterocycles. The Kier molecular flexibility index (Phi) is 5.14. The number of hydrogen-bond donors (Lipinski definition) is 3. The normalized spacial score (nSPS) is 14.2. The van der Waals surface area contributed by atoms with Crippen molar-refractivity contribution in [2.24, 2.45) is 0 Å². The third kappa shape index (κ3) is 3.46. The third-order valence-corrected chi connectivity index (χ3v) is 2.70. The van der Waals surface area contributed by atoms with Crippen LogP contribution in [0.1, 0.15) is 23.8 Å². The van der Waals surface area contributed by atoms with Crippen LogP contribution in [-0.4, -0.2) is 39.8 Å². The molecular formula is C11H17N3O4. The molecule has 1 aromatic rings. The highest BCUT2D eigenvalue weighted by atomic mass is 16.6. The van der Waals surface area contributed by atoms with Crippen LogP contribution in [0.5, 0.6) is 0 Å². The van der Waals surface area contributed by atoms with Crippen molar-refractivity contribution in [3.8, 4) is 0 Å². The highest BCUT2D eigenvalue weighted by Gasteiger charge is 2.22. The lowest BCUT2D eigenvalue weighted by atomic mass is 10.0. The maximum Gasteiger partial charge on any atom is 0.287 e. The van der Waals surface area contributed by atoms with Gasteiger partial charge >= 0.3 is 0 Å². The lowest BCUT2D eigenvalue weighted by Gasteiger charge is -2.19. The van der Waals surface area contributed by atoms with Crippen LogP contribution < -0.4 is 5.32 Å². The number of nitro groups is 1. The average molecular weight is 255 g/mol. The first kappa shape index (κ1) is 14.5. The Morgan fingerprint density at radius 3 is 2.78 bits per heavy atom. The summed E-state index contributed by atoms with van der Waals surface area (Å²) in [7, 11) is 1.74. The Hall–Kier alpha value is -1.57. The van der Waals surface area contributed by atoms with Crippen molar-refractivity contribution in [2.45, 2.75) is 25.6 Å². The van der Waals surface area contributed by atoms with Gasteiger partial charge in [0, 0.05) is 17.3 Å². The van der Waals surface area contributed by atoms with Crippen LogP contribution in [0.3, 0.4) is 0 Å². The number of rotatable bonds is 6. The van der Waals surface area contributed by atoms with Gasteiger partial charge in [-0.05, 0) is 26.9 Å². The van der Waals surface area contributed by atoms with E-state index in [0.717, 1.165) is 6.20 Å². The largest absolute Gasteiger partial charge is 0.390 e. The van der Waals surface area contributed by atoms with Gasteiger partial charge in [0.2, 0.25) is 0 Å². The van der Waals surface area contributed by atoms with Crippen molar-refractivity contribution in [1.82, 2.24) is 10.3 Å². The van der Waals surface area contributed by atoms with Gasteiger partial charge in [0.1, 0.15) is 12.3 Å². The van der Waals surface area contributed by atoms with E-state index in [9.17, 15) is 20.3 Å². The van der Waals surface area contributed by atoms with E-state index >= 15 is 0 Å². The summed E-state index contributed by atoms with van der Waals surface area (Å²) in [6.07, 6.45) is -0.684. The molecular weight excluding hydrogens is 238 g/mol. The van der Waals surface area contributed by atoms with Crippen molar-refractivity contribution >= 4 is 5.69 Å². The van der Waals surface area contributed by atoms with Crippen molar-refractivity contribution < 1.29 is 15.1 Å². The van der Waals surface area contributed by atoms with Gasteiger partial charge < -0.3 is 15.5 Å². The van der Waals surface area contributed by atoms with Crippen LogP contribution in [0.15, 0.2) is 12.3 Å². The first-order valence-corrected chi connectivity index (χ1v) is 5.59. The predicted octanol–water partition coefficient (Wildman–Crippen LogP) is 0.302. The molecule has 0 saturated carbocycles. The summed E-state index contributed by atoms with van der Waals surface area (Å²) in [4.78, 5) is 13.9. The number of nitrogens with one attached hydrogen (secondary N) is 1. The van der Waals surface area contributed by atoms with Crippen LogP contribution in [-0.2, 0) is 0 Å². The third-order valence-electron chi connectivity index (χ3n) is 2.70. The monoisotopic (exact) mass is 255 g/mol. The molecule has 0 saturated heterocycles. The van der Waals surface area contributed by atoms with Gasteiger partial charge in [-0.25, -0.2) is 0 Å². The number of nitrogens with zero attached hydrogens (tertiary/aromatic N) is 2. The van der Waals surface area contributed by atoms with Crippen LogP contribution in [0.25, 0.3) is 0 Å². The molecule has 7 nitrogen and oxygen atoms in total. The van der Waals surface area contributed by atoms with Gasteiger partial charge in [-0.3, -0.25) is 15.1 Å². The zero-order valence-corrected chi connectivity index (χ0v) is 10.3. The molecule has 3 N–H and O–H groups in total. The number of pyridine rings is 1. The number of aliphatic hydroxyl groups excluding tert-OH is 2. The highest BCUT2D eigenvalue weighted by Crippen LogP contribution is 2.24. The Morgan fingerprint density at radius 2 is 2.22 bits per heavy atom. The lowest BCUT2D eigenvalue weighted by molar-refractivity contribution is -0.385. The molecule has 2 atom stereocenters. The Bertz CT molecular complexity index is 425. The SMILES string of the molecule is CNCCC(O)C(O)c1cc([N+](=O)[O-])cnc1C. The Balaban J connectivity index is 2.93. The van der Waals surface area contributed by atoms with E-state index in [2.05, 4.69) is 10.3 Å². The quantitative estimate of drug-likeness (QED) is 0.498. The van der Waals surface area contributed by atoms with Gasteiger partial charge in [-0.1, -0.05) is 0 Å².